The number of carbonyl (C=O) groups excluding carboxylic acids is 2. The second-order valence-corrected chi connectivity index (χ2v) is 17.5. The molecule has 3 aliphatic heterocycles. The first-order chi connectivity index (χ1) is 24.0. The minimum atomic E-state index is -3.97. The summed E-state index contributed by atoms with van der Waals surface area (Å²) in [6, 6.07) is 11.4. The molecule has 50 heavy (non-hydrogen) atoms. The van der Waals surface area contributed by atoms with Crippen molar-refractivity contribution in [1.82, 2.24) is 9.62 Å². The first-order valence-electron chi connectivity index (χ1n) is 17.9. The third kappa shape index (κ3) is 6.90. The van der Waals surface area contributed by atoms with Gasteiger partial charge in [-0.2, -0.15) is 0 Å². The number of nitrogens with zero attached hydrogens (tertiary/aromatic N) is 2. The molecule has 1 saturated carbocycles. The van der Waals surface area contributed by atoms with E-state index in [2.05, 4.69) is 21.8 Å². The molecule has 2 amide bonds. The van der Waals surface area contributed by atoms with Crippen molar-refractivity contribution in [3.63, 3.8) is 0 Å². The van der Waals surface area contributed by atoms with Crippen LogP contribution in [0.2, 0.25) is 5.02 Å². The fraction of sp³-hybridized carbons (Fsp3) is 0.579. The molecule has 0 aromatic heterocycles. The first-order valence-corrected chi connectivity index (χ1v) is 19.8. The maximum Gasteiger partial charge on any atom is 0.264 e. The molecule has 1 spiro atoms. The summed E-state index contributed by atoms with van der Waals surface area (Å²) in [4.78, 5) is 30.6. The van der Waals surface area contributed by atoms with E-state index in [0.29, 0.717) is 45.0 Å². The maximum absolute atomic E-state index is 13.5. The van der Waals surface area contributed by atoms with E-state index in [0.717, 1.165) is 42.8 Å². The summed E-state index contributed by atoms with van der Waals surface area (Å²) < 4.78 is 47.6. The number of fused-ring (bicyclic) bond motifs is 4. The maximum atomic E-state index is 13.5. The van der Waals surface area contributed by atoms with Gasteiger partial charge in [-0.1, -0.05) is 36.7 Å². The van der Waals surface area contributed by atoms with Crippen LogP contribution in [0.3, 0.4) is 0 Å². The van der Waals surface area contributed by atoms with Crippen molar-refractivity contribution in [1.29, 1.82) is 0 Å². The van der Waals surface area contributed by atoms with Crippen molar-refractivity contribution >= 4 is 39.1 Å². The van der Waals surface area contributed by atoms with Crippen molar-refractivity contribution in [2.45, 2.75) is 75.2 Å². The molecule has 2 fully saturated rings. The lowest BCUT2D eigenvalue weighted by atomic mass is 9.68. The summed E-state index contributed by atoms with van der Waals surface area (Å²) in [5.41, 5.74) is 3.24. The molecule has 2 aliphatic carbocycles. The number of hydrogen-bond donors (Lipinski definition) is 1. The van der Waals surface area contributed by atoms with Gasteiger partial charge in [-0.3, -0.25) is 9.59 Å². The van der Waals surface area contributed by atoms with E-state index in [1.54, 1.807) is 37.1 Å². The number of nitrogens with one attached hydrogen (secondary N) is 1. The molecular formula is C38H48ClN3O7S. The number of halogens is 1. The Bertz CT molecular complexity index is 1760. The van der Waals surface area contributed by atoms with Gasteiger partial charge >= 0.3 is 0 Å². The Hall–Kier alpha value is -3.12. The predicted molar refractivity (Wildman–Crippen MR) is 192 cm³/mol. The Morgan fingerprint density at radius 2 is 1.94 bits per heavy atom. The second-order valence-electron chi connectivity index (χ2n) is 15.0. The van der Waals surface area contributed by atoms with E-state index in [-0.39, 0.29) is 53.5 Å². The van der Waals surface area contributed by atoms with Crippen LogP contribution in [0.4, 0.5) is 5.69 Å². The molecular weight excluding hydrogens is 678 g/mol. The lowest BCUT2D eigenvalue weighted by molar-refractivity contribution is -0.151. The summed E-state index contributed by atoms with van der Waals surface area (Å²) in [6.45, 7) is 6.47. The molecule has 1 saturated heterocycles. The van der Waals surface area contributed by atoms with Gasteiger partial charge in [0.15, 0.2) is 0 Å². The van der Waals surface area contributed by atoms with E-state index in [9.17, 15) is 18.0 Å². The molecule has 0 unspecified atom stereocenters. The van der Waals surface area contributed by atoms with Gasteiger partial charge in [-0.25, -0.2) is 13.1 Å². The topological polar surface area (TPSA) is 114 Å². The van der Waals surface area contributed by atoms with Crippen molar-refractivity contribution in [3.8, 4) is 5.75 Å². The molecule has 270 valence electrons. The standard InChI is InChI=1S/C38H48ClN3O7S/c1-24-6-4-8-34(48-21-36(43)41-19-30(20-41)47-3)31-12-9-28(31)18-42-22-38(15-5-7-26-16-29(39)11-13-32(26)38)23-49-35-14-10-27(17-33(35)42)37(44)40-50(45,46)25(24)2/h4,8,10-11,13-14,16-17,24-25,28,30-31,34H,5-7,9,12,15,18-23H2,1-3H3,(H,40,44)/b8-4+/t24-,25+,28-,31+,34-,38-/m0/s1. The van der Waals surface area contributed by atoms with Crippen molar-refractivity contribution in [2.75, 3.05) is 51.4 Å². The summed E-state index contributed by atoms with van der Waals surface area (Å²) in [5.74, 6) is 0.131. The van der Waals surface area contributed by atoms with Crippen LogP contribution < -0.4 is 14.4 Å². The van der Waals surface area contributed by atoms with Crippen molar-refractivity contribution < 1.29 is 32.2 Å². The Balaban J connectivity index is 1.23. The quantitative estimate of drug-likeness (QED) is 0.432. The van der Waals surface area contributed by atoms with Gasteiger partial charge in [0, 0.05) is 49.3 Å². The number of carbonyl (C=O) groups is 2. The van der Waals surface area contributed by atoms with E-state index in [1.165, 1.54) is 11.1 Å². The number of ether oxygens (including phenoxy) is 3. The molecule has 2 aromatic rings. The zero-order valence-electron chi connectivity index (χ0n) is 29.1. The molecule has 12 heteroatoms. The minimum Gasteiger partial charge on any atom is -0.490 e. The summed E-state index contributed by atoms with van der Waals surface area (Å²) >= 11 is 6.45. The molecule has 5 aliphatic rings. The highest BCUT2D eigenvalue weighted by Gasteiger charge is 2.45. The van der Waals surface area contributed by atoms with Crippen LogP contribution in [0.1, 0.15) is 67.4 Å². The van der Waals surface area contributed by atoms with Crippen LogP contribution in [-0.4, -0.2) is 89.1 Å². The monoisotopic (exact) mass is 725 g/mol. The Kier molecular flexibility index (Phi) is 9.97. The van der Waals surface area contributed by atoms with Crippen LogP contribution in [0, 0.1) is 17.8 Å². The Morgan fingerprint density at radius 1 is 1.12 bits per heavy atom. The average Bonchev–Trinajstić information content (AvgIpc) is 3.20. The smallest absolute Gasteiger partial charge is 0.264 e. The predicted octanol–water partition coefficient (Wildman–Crippen LogP) is 5.13. The second kappa shape index (κ2) is 14.1. The van der Waals surface area contributed by atoms with Gasteiger partial charge < -0.3 is 24.0 Å². The van der Waals surface area contributed by atoms with Crippen LogP contribution in [0.5, 0.6) is 5.75 Å². The highest BCUT2D eigenvalue weighted by molar-refractivity contribution is 7.90. The Labute approximate surface area is 300 Å². The number of methoxy groups -OCH3 is 1. The number of rotatable bonds is 4. The number of aryl methyl sites for hydroxylation is 1. The van der Waals surface area contributed by atoms with Crippen LogP contribution in [-0.2, 0) is 36.1 Å². The zero-order valence-corrected chi connectivity index (χ0v) is 30.7. The highest BCUT2D eigenvalue weighted by Crippen LogP contribution is 2.47. The van der Waals surface area contributed by atoms with Gasteiger partial charge in [-0.05, 0) is 105 Å². The third-order valence-electron chi connectivity index (χ3n) is 11.9. The van der Waals surface area contributed by atoms with Crippen LogP contribution in [0.25, 0.3) is 0 Å². The zero-order chi connectivity index (χ0) is 35.2. The van der Waals surface area contributed by atoms with Gasteiger partial charge in [0.2, 0.25) is 15.9 Å². The summed E-state index contributed by atoms with van der Waals surface area (Å²) in [5, 5.41) is -0.0950. The van der Waals surface area contributed by atoms with Crippen molar-refractivity contribution in [2.24, 2.45) is 17.8 Å². The molecule has 10 nitrogen and oxygen atoms in total. The largest absolute Gasteiger partial charge is 0.490 e. The fourth-order valence-electron chi connectivity index (χ4n) is 8.37. The first kappa shape index (κ1) is 35.3. The molecule has 1 N–H and O–H groups in total. The van der Waals surface area contributed by atoms with E-state index < -0.39 is 21.2 Å². The van der Waals surface area contributed by atoms with E-state index in [1.807, 2.05) is 25.1 Å². The van der Waals surface area contributed by atoms with Gasteiger partial charge in [0.05, 0.1) is 29.8 Å². The van der Waals surface area contributed by atoms with Gasteiger partial charge in [0.25, 0.3) is 5.91 Å². The molecule has 6 atom stereocenters. The molecule has 2 bridgehead atoms. The molecule has 7 rings (SSSR count). The third-order valence-corrected chi connectivity index (χ3v) is 14.1. The van der Waals surface area contributed by atoms with Crippen LogP contribution >= 0.6 is 11.6 Å². The summed E-state index contributed by atoms with van der Waals surface area (Å²) in [7, 11) is -2.32. The number of allylic oxidation sites excluding steroid dienone is 1. The number of benzene rings is 2. The molecule has 0 radical (unpaired) electrons. The lowest BCUT2D eigenvalue weighted by Crippen LogP contribution is -2.55. The van der Waals surface area contributed by atoms with E-state index >= 15 is 0 Å². The average molecular weight is 726 g/mol. The van der Waals surface area contributed by atoms with Crippen LogP contribution in [0.15, 0.2) is 48.6 Å². The highest BCUT2D eigenvalue weighted by atomic mass is 35.5. The molecule has 3 heterocycles. The van der Waals surface area contributed by atoms with Crippen molar-refractivity contribution in [3.05, 3.63) is 70.3 Å². The lowest BCUT2D eigenvalue weighted by Gasteiger charge is -2.46. The minimum absolute atomic E-state index is 0.0206. The number of anilines is 1. The summed E-state index contributed by atoms with van der Waals surface area (Å²) in [6.07, 6.45) is 9.13. The van der Waals surface area contributed by atoms with Gasteiger partial charge in [-0.15, -0.1) is 0 Å². The fourth-order valence-corrected chi connectivity index (χ4v) is 9.85. The number of sulfonamides is 1. The Morgan fingerprint density at radius 3 is 2.70 bits per heavy atom. The molecule has 2 aromatic carbocycles. The SMILES string of the molecule is COC1CN(C(=O)CO[C@H]2/C=C/C[C@H](C)[C@@H](C)S(=O)(=O)NC(=O)c3ccc4c(c3)N(C[C@@H]3CC[C@H]32)C[C@@]2(CCCc3cc(Cl)ccc32)CO4)C1. The van der Waals surface area contributed by atoms with E-state index in [4.69, 9.17) is 25.8 Å². The number of likely N-dealkylation sites (tertiary alicyclic amines) is 1. The number of amides is 2. The number of hydrogen-bond acceptors (Lipinski definition) is 8. The normalized spacial score (nSPS) is 31.6. The van der Waals surface area contributed by atoms with Gasteiger partial charge in [0.1, 0.15) is 12.4 Å².